The van der Waals surface area contributed by atoms with Gasteiger partial charge in [0.05, 0.1) is 13.7 Å². The Kier molecular flexibility index (Phi) is 5.61. The predicted molar refractivity (Wildman–Crippen MR) is 82.9 cm³/mol. The van der Waals surface area contributed by atoms with Gasteiger partial charge >= 0.3 is 5.97 Å². The van der Waals surface area contributed by atoms with Crippen molar-refractivity contribution >= 4 is 16.0 Å². The van der Waals surface area contributed by atoms with Gasteiger partial charge in [-0.2, -0.15) is 4.31 Å². The van der Waals surface area contributed by atoms with Crippen molar-refractivity contribution < 1.29 is 27.8 Å². The lowest BCUT2D eigenvalue weighted by atomic mass is 10.1. The van der Waals surface area contributed by atoms with Gasteiger partial charge in [-0.15, -0.1) is 0 Å². The highest BCUT2D eigenvalue weighted by Gasteiger charge is 2.39. The zero-order chi connectivity index (χ0) is 17.0. The summed E-state index contributed by atoms with van der Waals surface area (Å²) in [6.07, 6.45) is 1.65. The van der Waals surface area contributed by atoms with Gasteiger partial charge in [0.15, 0.2) is 0 Å². The van der Waals surface area contributed by atoms with Gasteiger partial charge in [0.25, 0.3) is 0 Å². The van der Waals surface area contributed by atoms with Gasteiger partial charge in [-0.3, -0.25) is 4.79 Å². The van der Waals surface area contributed by atoms with E-state index in [4.69, 9.17) is 9.47 Å². The zero-order valence-corrected chi connectivity index (χ0v) is 14.0. The van der Waals surface area contributed by atoms with Crippen molar-refractivity contribution in [3.8, 4) is 5.75 Å². The highest BCUT2D eigenvalue weighted by molar-refractivity contribution is 7.89. The van der Waals surface area contributed by atoms with Gasteiger partial charge in [-0.05, 0) is 37.0 Å². The number of piperidine rings is 1. The third-order valence-corrected chi connectivity index (χ3v) is 5.79. The molecule has 0 saturated carbocycles. The third kappa shape index (κ3) is 3.65. The van der Waals surface area contributed by atoms with Gasteiger partial charge in [-0.25, -0.2) is 8.42 Å². The van der Waals surface area contributed by atoms with Crippen molar-refractivity contribution in [3.05, 3.63) is 23.8 Å². The minimum atomic E-state index is -3.97. The third-order valence-electron chi connectivity index (χ3n) is 3.86. The number of carboxylic acids is 1. The average Bonchev–Trinajstić information content (AvgIpc) is 2.55. The quantitative estimate of drug-likeness (QED) is 0.841. The number of aliphatic carboxylic acids is 1. The molecule has 0 bridgehead atoms. The molecule has 128 valence electrons. The summed E-state index contributed by atoms with van der Waals surface area (Å²) in [6, 6.07) is 3.71. The number of sulfonamides is 1. The highest BCUT2D eigenvalue weighted by atomic mass is 32.2. The summed E-state index contributed by atoms with van der Waals surface area (Å²) in [6.45, 7) is 0.450. The summed E-state index contributed by atoms with van der Waals surface area (Å²) in [4.78, 5) is 11.4. The molecule has 0 radical (unpaired) electrons. The highest BCUT2D eigenvalue weighted by Crippen LogP contribution is 2.32. The summed E-state index contributed by atoms with van der Waals surface area (Å²) in [5.41, 5.74) is 0.677. The second-order valence-corrected chi connectivity index (χ2v) is 7.24. The molecule has 2 rings (SSSR count). The van der Waals surface area contributed by atoms with Crippen LogP contribution in [-0.2, 0) is 26.2 Å². The Morgan fingerprint density at radius 2 is 2.09 bits per heavy atom. The first kappa shape index (κ1) is 17.7. The maximum Gasteiger partial charge on any atom is 0.322 e. The van der Waals surface area contributed by atoms with Gasteiger partial charge in [0.1, 0.15) is 16.7 Å². The lowest BCUT2D eigenvalue weighted by Crippen LogP contribution is -2.47. The fraction of sp³-hybridized carbons (Fsp3) is 0.533. The number of methoxy groups -OCH3 is 2. The van der Waals surface area contributed by atoms with Gasteiger partial charge in [-0.1, -0.05) is 6.07 Å². The number of rotatable bonds is 6. The second kappa shape index (κ2) is 7.29. The van der Waals surface area contributed by atoms with Crippen LogP contribution in [0.25, 0.3) is 0 Å². The van der Waals surface area contributed by atoms with Crippen LogP contribution < -0.4 is 4.74 Å². The number of ether oxygens (including phenoxy) is 2. The molecule has 8 heteroatoms. The molecule has 1 aliphatic rings. The largest absolute Gasteiger partial charge is 0.495 e. The average molecular weight is 343 g/mol. The molecule has 0 amide bonds. The van der Waals surface area contributed by atoms with E-state index in [1.54, 1.807) is 12.1 Å². The van der Waals surface area contributed by atoms with E-state index in [1.165, 1.54) is 20.3 Å². The molecule has 1 heterocycles. The molecule has 1 aliphatic heterocycles. The van der Waals surface area contributed by atoms with Crippen molar-refractivity contribution in [2.24, 2.45) is 0 Å². The predicted octanol–water partition coefficient (Wildman–Crippen LogP) is 1.47. The number of carboxylic acid groups (broad SMARTS) is 1. The number of benzene rings is 1. The van der Waals surface area contributed by atoms with E-state index in [0.717, 1.165) is 4.31 Å². The molecule has 1 atom stereocenters. The van der Waals surface area contributed by atoms with Crippen LogP contribution in [0.1, 0.15) is 24.8 Å². The summed E-state index contributed by atoms with van der Waals surface area (Å²) >= 11 is 0. The van der Waals surface area contributed by atoms with Crippen LogP contribution in [0, 0.1) is 0 Å². The van der Waals surface area contributed by atoms with Gasteiger partial charge in [0, 0.05) is 13.7 Å². The van der Waals surface area contributed by atoms with Crippen LogP contribution in [0.3, 0.4) is 0 Å². The lowest BCUT2D eigenvalue weighted by Gasteiger charge is -2.32. The minimum Gasteiger partial charge on any atom is -0.495 e. The van der Waals surface area contributed by atoms with E-state index in [9.17, 15) is 18.3 Å². The number of carbonyl (C=O) groups is 1. The van der Waals surface area contributed by atoms with E-state index < -0.39 is 22.0 Å². The summed E-state index contributed by atoms with van der Waals surface area (Å²) in [5.74, 6) is -0.931. The van der Waals surface area contributed by atoms with Crippen LogP contribution in [0.4, 0.5) is 0 Å². The van der Waals surface area contributed by atoms with Crippen LogP contribution in [0.5, 0.6) is 5.75 Å². The summed E-state index contributed by atoms with van der Waals surface area (Å²) in [5, 5.41) is 9.33. The van der Waals surface area contributed by atoms with E-state index in [-0.39, 0.29) is 23.8 Å². The molecule has 1 fully saturated rings. The number of nitrogens with zero attached hydrogens (tertiary/aromatic N) is 1. The SMILES string of the molecule is COCc1ccc(OC)c(S(=O)(=O)N2CCCCC2C(=O)O)c1. The monoisotopic (exact) mass is 343 g/mol. The van der Waals surface area contributed by atoms with Crippen molar-refractivity contribution in [2.45, 2.75) is 36.8 Å². The molecule has 1 aromatic rings. The Morgan fingerprint density at radius 3 is 2.70 bits per heavy atom. The molecule has 7 nitrogen and oxygen atoms in total. The Bertz CT molecular complexity index is 673. The normalized spacial score (nSPS) is 19.5. The van der Waals surface area contributed by atoms with Crippen LogP contribution in [0.2, 0.25) is 0 Å². The van der Waals surface area contributed by atoms with Gasteiger partial charge in [0.2, 0.25) is 10.0 Å². The smallest absolute Gasteiger partial charge is 0.322 e. The van der Waals surface area contributed by atoms with Crippen LogP contribution in [-0.4, -0.2) is 50.6 Å². The molecule has 1 unspecified atom stereocenters. The topological polar surface area (TPSA) is 93.1 Å². The van der Waals surface area contributed by atoms with E-state index in [2.05, 4.69) is 0 Å². The Morgan fingerprint density at radius 1 is 1.35 bits per heavy atom. The van der Waals surface area contributed by atoms with E-state index >= 15 is 0 Å². The maximum atomic E-state index is 13.0. The lowest BCUT2D eigenvalue weighted by molar-refractivity contribution is -0.142. The molecule has 0 aliphatic carbocycles. The standard InChI is InChI=1S/C15H21NO6S/c1-21-10-11-6-7-13(22-2)14(9-11)23(19,20)16-8-4-3-5-12(16)15(17)18/h6-7,9,12H,3-5,8,10H2,1-2H3,(H,17,18). The maximum absolute atomic E-state index is 13.0. The Labute approximate surface area is 135 Å². The van der Waals surface area contributed by atoms with E-state index in [0.29, 0.717) is 24.8 Å². The first-order chi connectivity index (χ1) is 10.9. The first-order valence-electron chi connectivity index (χ1n) is 7.32. The molecule has 1 N–H and O–H groups in total. The minimum absolute atomic E-state index is 0.0253. The Balaban J connectivity index is 2.48. The van der Waals surface area contributed by atoms with Crippen LogP contribution >= 0.6 is 0 Å². The number of hydrogen-bond acceptors (Lipinski definition) is 5. The zero-order valence-electron chi connectivity index (χ0n) is 13.2. The van der Waals surface area contributed by atoms with Crippen molar-refractivity contribution in [2.75, 3.05) is 20.8 Å². The fourth-order valence-corrected chi connectivity index (χ4v) is 4.60. The van der Waals surface area contributed by atoms with Crippen molar-refractivity contribution in [1.82, 2.24) is 4.31 Å². The first-order valence-corrected chi connectivity index (χ1v) is 8.76. The summed E-state index contributed by atoms with van der Waals surface area (Å²) in [7, 11) is -1.07. The molecular weight excluding hydrogens is 322 g/mol. The molecule has 23 heavy (non-hydrogen) atoms. The number of hydrogen-bond donors (Lipinski definition) is 1. The van der Waals surface area contributed by atoms with E-state index in [1.807, 2.05) is 0 Å². The molecule has 0 spiro atoms. The summed E-state index contributed by atoms with van der Waals surface area (Å²) < 4.78 is 37.2. The second-order valence-electron chi connectivity index (χ2n) is 5.38. The molecule has 1 saturated heterocycles. The fourth-order valence-electron chi connectivity index (χ4n) is 2.74. The Hall–Kier alpha value is -1.64. The van der Waals surface area contributed by atoms with Crippen molar-refractivity contribution in [3.63, 3.8) is 0 Å². The van der Waals surface area contributed by atoms with Crippen molar-refractivity contribution in [1.29, 1.82) is 0 Å². The molecule has 1 aromatic carbocycles. The molecular formula is C15H21NO6S. The van der Waals surface area contributed by atoms with Gasteiger partial charge < -0.3 is 14.6 Å². The molecule has 0 aromatic heterocycles. The van der Waals surface area contributed by atoms with Crippen LogP contribution in [0.15, 0.2) is 23.1 Å².